The lowest BCUT2D eigenvalue weighted by molar-refractivity contribution is 0.245. The fraction of sp³-hybridized carbons (Fsp3) is 0.562. The highest BCUT2D eigenvalue weighted by Crippen LogP contribution is 2.21. The van der Waals surface area contributed by atoms with E-state index in [0.29, 0.717) is 13.0 Å². The SMILES string of the molecule is CCCOc1ccc(NC(=O)NC(C)CCCO)c(C)c1. The number of urea groups is 1. The number of carbonyl (C=O) groups excluding carboxylic acids is 1. The molecule has 1 rings (SSSR count). The van der Waals surface area contributed by atoms with Gasteiger partial charge in [0.15, 0.2) is 0 Å². The number of amides is 2. The second-order valence-corrected chi connectivity index (χ2v) is 5.19. The average Bonchev–Trinajstić information content (AvgIpc) is 2.45. The number of carbonyl (C=O) groups is 1. The number of nitrogens with one attached hydrogen (secondary N) is 2. The summed E-state index contributed by atoms with van der Waals surface area (Å²) >= 11 is 0. The van der Waals surface area contributed by atoms with Gasteiger partial charge in [0.05, 0.1) is 6.61 Å². The lowest BCUT2D eigenvalue weighted by atomic mass is 10.2. The van der Waals surface area contributed by atoms with Crippen LogP contribution in [0.3, 0.4) is 0 Å². The summed E-state index contributed by atoms with van der Waals surface area (Å²) in [4.78, 5) is 11.9. The number of benzene rings is 1. The smallest absolute Gasteiger partial charge is 0.319 e. The summed E-state index contributed by atoms with van der Waals surface area (Å²) in [6.07, 6.45) is 2.41. The molecular formula is C16H26N2O3. The zero-order valence-corrected chi connectivity index (χ0v) is 13.1. The van der Waals surface area contributed by atoms with Crippen LogP contribution in [0.15, 0.2) is 18.2 Å². The molecule has 5 nitrogen and oxygen atoms in total. The molecule has 1 aromatic carbocycles. The molecule has 0 bridgehead atoms. The topological polar surface area (TPSA) is 70.6 Å². The number of rotatable bonds is 8. The predicted molar refractivity (Wildman–Crippen MR) is 84.9 cm³/mol. The molecule has 21 heavy (non-hydrogen) atoms. The third-order valence-corrected chi connectivity index (χ3v) is 3.09. The van der Waals surface area contributed by atoms with Crippen molar-refractivity contribution >= 4 is 11.7 Å². The monoisotopic (exact) mass is 294 g/mol. The van der Waals surface area contributed by atoms with E-state index in [1.165, 1.54) is 0 Å². The van der Waals surface area contributed by atoms with Gasteiger partial charge in [-0.25, -0.2) is 4.79 Å². The van der Waals surface area contributed by atoms with Crippen LogP contribution in [-0.2, 0) is 0 Å². The fourth-order valence-electron chi connectivity index (χ4n) is 1.94. The van der Waals surface area contributed by atoms with Crippen LogP contribution in [0.5, 0.6) is 5.75 Å². The van der Waals surface area contributed by atoms with Crippen LogP contribution < -0.4 is 15.4 Å². The number of hydrogen-bond donors (Lipinski definition) is 3. The number of aliphatic hydroxyl groups excluding tert-OH is 1. The molecule has 1 atom stereocenters. The second-order valence-electron chi connectivity index (χ2n) is 5.19. The zero-order chi connectivity index (χ0) is 15.7. The van der Waals surface area contributed by atoms with Gasteiger partial charge in [-0.05, 0) is 56.9 Å². The molecule has 0 saturated heterocycles. The van der Waals surface area contributed by atoms with Crippen LogP contribution in [0.2, 0.25) is 0 Å². The number of aryl methyl sites for hydroxylation is 1. The van der Waals surface area contributed by atoms with Crippen LogP contribution in [-0.4, -0.2) is 30.4 Å². The van der Waals surface area contributed by atoms with E-state index in [4.69, 9.17) is 9.84 Å². The van der Waals surface area contributed by atoms with Crippen LogP contribution in [0.4, 0.5) is 10.5 Å². The molecule has 0 heterocycles. The van der Waals surface area contributed by atoms with Gasteiger partial charge >= 0.3 is 6.03 Å². The maximum absolute atomic E-state index is 11.9. The van der Waals surface area contributed by atoms with Crippen LogP contribution in [0.1, 0.15) is 38.7 Å². The molecule has 0 aliphatic heterocycles. The van der Waals surface area contributed by atoms with Gasteiger partial charge in [0.25, 0.3) is 0 Å². The Balaban J connectivity index is 2.52. The molecule has 3 N–H and O–H groups in total. The van der Waals surface area contributed by atoms with Crippen molar-refractivity contribution in [2.75, 3.05) is 18.5 Å². The largest absolute Gasteiger partial charge is 0.494 e. The number of anilines is 1. The van der Waals surface area contributed by atoms with Gasteiger partial charge in [-0.3, -0.25) is 0 Å². The normalized spacial score (nSPS) is 11.8. The number of aliphatic hydroxyl groups is 1. The predicted octanol–water partition coefficient (Wildman–Crippen LogP) is 3.07. The Kier molecular flexibility index (Phi) is 7.61. The molecule has 0 aliphatic carbocycles. The molecule has 0 radical (unpaired) electrons. The third-order valence-electron chi connectivity index (χ3n) is 3.09. The minimum atomic E-state index is -0.231. The van der Waals surface area contributed by atoms with Crippen LogP contribution in [0, 0.1) is 6.92 Å². The molecule has 0 aliphatic rings. The summed E-state index contributed by atoms with van der Waals surface area (Å²) in [7, 11) is 0. The van der Waals surface area contributed by atoms with Crippen LogP contribution >= 0.6 is 0 Å². The van der Waals surface area contributed by atoms with Crippen molar-refractivity contribution in [2.45, 2.75) is 46.1 Å². The Morgan fingerprint density at radius 1 is 1.43 bits per heavy atom. The summed E-state index contributed by atoms with van der Waals surface area (Å²) in [5.74, 6) is 0.816. The maximum Gasteiger partial charge on any atom is 0.319 e. The van der Waals surface area contributed by atoms with Gasteiger partial charge in [-0.2, -0.15) is 0 Å². The first-order valence-corrected chi connectivity index (χ1v) is 7.48. The standard InChI is InChI=1S/C16H26N2O3/c1-4-10-21-14-7-8-15(12(2)11-14)18-16(20)17-13(3)6-5-9-19/h7-8,11,13,19H,4-6,9-10H2,1-3H3,(H2,17,18,20). The van der Waals surface area contributed by atoms with Crippen LogP contribution in [0.25, 0.3) is 0 Å². The van der Waals surface area contributed by atoms with E-state index in [0.717, 1.165) is 29.8 Å². The summed E-state index contributed by atoms with van der Waals surface area (Å²) in [5.41, 5.74) is 1.73. The van der Waals surface area contributed by atoms with Crippen molar-refractivity contribution < 1.29 is 14.6 Å². The third kappa shape index (κ3) is 6.49. The van der Waals surface area contributed by atoms with Crippen molar-refractivity contribution in [3.63, 3.8) is 0 Å². The molecule has 0 fully saturated rings. The lowest BCUT2D eigenvalue weighted by Crippen LogP contribution is -2.36. The first kappa shape index (κ1) is 17.3. The highest BCUT2D eigenvalue weighted by atomic mass is 16.5. The van der Waals surface area contributed by atoms with Crippen molar-refractivity contribution in [1.82, 2.24) is 5.32 Å². The Labute approximate surface area is 126 Å². The van der Waals surface area contributed by atoms with E-state index in [1.54, 1.807) is 0 Å². The van der Waals surface area contributed by atoms with Gasteiger partial charge in [-0.15, -0.1) is 0 Å². The van der Waals surface area contributed by atoms with Crippen molar-refractivity contribution in [2.24, 2.45) is 0 Å². The van der Waals surface area contributed by atoms with E-state index >= 15 is 0 Å². The first-order chi connectivity index (χ1) is 10.1. The number of hydrogen-bond acceptors (Lipinski definition) is 3. The molecule has 5 heteroatoms. The molecule has 0 saturated carbocycles. The lowest BCUT2D eigenvalue weighted by Gasteiger charge is -2.15. The van der Waals surface area contributed by atoms with Gasteiger partial charge in [0, 0.05) is 18.3 Å². The molecule has 1 unspecified atom stereocenters. The molecule has 2 amide bonds. The van der Waals surface area contributed by atoms with Gasteiger partial charge in [-0.1, -0.05) is 6.92 Å². The molecule has 118 valence electrons. The first-order valence-electron chi connectivity index (χ1n) is 7.48. The molecular weight excluding hydrogens is 268 g/mol. The second kappa shape index (κ2) is 9.23. The molecule has 0 aromatic heterocycles. The van der Waals surface area contributed by atoms with Gasteiger partial charge in [0.2, 0.25) is 0 Å². The van der Waals surface area contributed by atoms with E-state index in [9.17, 15) is 4.79 Å². The van der Waals surface area contributed by atoms with Crippen molar-refractivity contribution in [1.29, 1.82) is 0 Å². The Bertz CT molecular complexity index is 449. The quantitative estimate of drug-likeness (QED) is 0.690. The minimum Gasteiger partial charge on any atom is -0.494 e. The average molecular weight is 294 g/mol. The van der Waals surface area contributed by atoms with E-state index in [-0.39, 0.29) is 18.7 Å². The van der Waals surface area contributed by atoms with E-state index in [1.807, 2.05) is 32.0 Å². The Morgan fingerprint density at radius 3 is 2.81 bits per heavy atom. The molecule has 0 spiro atoms. The summed E-state index contributed by atoms with van der Waals surface area (Å²) in [6, 6.07) is 5.42. The maximum atomic E-state index is 11.9. The van der Waals surface area contributed by atoms with E-state index < -0.39 is 0 Å². The van der Waals surface area contributed by atoms with E-state index in [2.05, 4.69) is 17.6 Å². The number of ether oxygens (including phenoxy) is 1. The zero-order valence-electron chi connectivity index (χ0n) is 13.1. The van der Waals surface area contributed by atoms with Crippen molar-refractivity contribution in [3.05, 3.63) is 23.8 Å². The Hall–Kier alpha value is -1.75. The fourth-order valence-corrected chi connectivity index (χ4v) is 1.94. The molecule has 1 aromatic rings. The highest BCUT2D eigenvalue weighted by Gasteiger charge is 2.09. The minimum absolute atomic E-state index is 0.0321. The highest BCUT2D eigenvalue weighted by molar-refractivity contribution is 5.90. The van der Waals surface area contributed by atoms with Crippen molar-refractivity contribution in [3.8, 4) is 5.75 Å². The summed E-state index contributed by atoms with van der Waals surface area (Å²) < 4.78 is 5.55. The van der Waals surface area contributed by atoms with Gasteiger partial charge < -0.3 is 20.5 Å². The summed E-state index contributed by atoms with van der Waals surface area (Å²) in [5, 5.41) is 14.4. The summed E-state index contributed by atoms with van der Waals surface area (Å²) in [6.45, 7) is 6.75. The Morgan fingerprint density at radius 2 is 2.19 bits per heavy atom. The van der Waals surface area contributed by atoms with Gasteiger partial charge in [0.1, 0.15) is 5.75 Å².